The Morgan fingerprint density at radius 1 is 1.17 bits per heavy atom. The second kappa shape index (κ2) is 6.81. The van der Waals surface area contributed by atoms with Crippen molar-refractivity contribution in [3.05, 3.63) is 29.8 Å². The highest BCUT2D eigenvalue weighted by Gasteiger charge is 2.50. The predicted octanol–water partition coefficient (Wildman–Crippen LogP) is 1.65. The smallest absolute Gasteiger partial charge is 0.316 e. The Hall–Kier alpha value is -2.37. The zero-order valence-electron chi connectivity index (χ0n) is 13.5. The van der Waals surface area contributed by atoms with Crippen molar-refractivity contribution in [2.75, 3.05) is 21.3 Å². The van der Waals surface area contributed by atoms with Gasteiger partial charge in [0.05, 0.1) is 26.7 Å². The van der Waals surface area contributed by atoms with Crippen LogP contribution in [0.4, 0.5) is 0 Å². The normalized spacial score (nSPS) is 24.0. The van der Waals surface area contributed by atoms with Crippen LogP contribution in [0.5, 0.6) is 5.75 Å². The third-order valence-electron chi connectivity index (χ3n) is 4.42. The number of ether oxygens (including phenoxy) is 3. The number of rotatable bonds is 4. The number of Topliss-reactive ketones (excluding diaryl/α,β-unsaturated/α-hetero) is 1. The largest absolute Gasteiger partial charge is 0.497 e. The van der Waals surface area contributed by atoms with E-state index in [2.05, 4.69) is 0 Å². The number of ketones is 1. The zero-order valence-corrected chi connectivity index (χ0v) is 13.5. The predicted molar refractivity (Wildman–Crippen MR) is 81.1 cm³/mol. The Morgan fingerprint density at radius 2 is 1.91 bits per heavy atom. The number of carbonyl (C=O) groups excluding carboxylic acids is 3. The van der Waals surface area contributed by atoms with E-state index in [9.17, 15) is 14.4 Å². The van der Waals surface area contributed by atoms with E-state index < -0.39 is 23.3 Å². The van der Waals surface area contributed by atoms with Gasteiger partial charge in [-0.25, -0.2) is 0 Å². The van der Waals surface area contributed by atoms with Gasteiger partial charge in [-0.1, -0.05) is 12.1 Å². The van der Waals surface area contributed by atoms with E-state index in [4.69, 9.17) is 14.2 Å². The fraction of sp³-hybridized carbons (Fsp3) is 0.471. The molecule has 2 unspecified atom stereocenters. The molecule has 0 saturated heterocycles. The third kappa shape index (κ3) is 3.06. The number of methoxy groups -OCH3 is 3. The van der Waals surface area contributed by atoms with Crippen molar-refractivity contribution in [1.29, 1.82) is 0 Å². The van der Waals surface area contributed by atoms with Crippen molar-refractivity contribution in [2.24, 2.45) is 5.92 Å². The highest BCUT2D eigenvalue weighted by Crippen LogP contribution is 2.43. The first-order valence-corrected chi connectivity index (χ1v) is 7.32. The van der Waals surface area contributed by atoms with Crippen molar-refractivity contribution in [2.45, 2.75) is 24.7 Å². The number of hydrogen-bond donors (Lipinski definition) is 0. The number of benzene rings is 1. The summed E-state index contributed by atoms with van der Waals surface area (Å²) in [4.78, 5) is 36.5. The highest BCUT2D eigenvalue weighted by atomic mass is 16.5. The fourth-order valence-corrected chi connectivity index (χ4v) is 3.11. The van der Waals surface area contributed by atoms with Gasteiger partial charge in [0.15, 0.2) is 0 Å². The van der Waals surface area contributed by atoms with Gasteiger partial charge in [0.1, 0.15) is 17.5 Å². The van der Waals surface area contributed by atoms with E-state index in [1.807, 2.05) is 0 Å². The molecule has 124 valence electrons. The van der Waals surface area contributed by atoms with Crippen molar-refractivity contribution >= 4 is 17.7 Å². The van der Waals surface area contributed by atoms with Crippen LogP contribution in [0.15, 0.2) is 24.3 Å². The van der Waals surface area contributed by atoms with Crippen molar-refractivity contribution in [3.63, 3.8) is 0 Å². The van der Waals surface area contributed by atoms with Gasteiger partial charge in [-0.05, 0) is 30.5 Å². The summed E-state index contributed by atoms with van der Waals surface area (Å²) in [6.07, 6.45) is 0.448. The minimum absolute atomic E-state index is 0.0400. The molecule has 6 nitrogen and oxygen atoms in total. The Balaban J connectivity index is 2.49. The summed E-state index contributed by atoms with van der Waals surface area (Å²) in [5.41, 5.74) is -0.388. The molecule has 23 heavy (non-hydrogen) atoms. The minimum Gasteiger partial charge on any atom is -0.497 e. The maximum atomic E-state index is 12.5. The second-order valence-electron chi connectivity index (χ2n) is 5.55. The maximum Gasteiger partial charge on any atom is 0.316 e. The van der Waals surface area contributed by atoms with Crippen LogP contribution in [-0.2, 0) is 29.3 Å². The Labute approximate surface area is 134 Å². The molecular weight excluding hydrogens is 300 g/mol. The molecule has 0 aromatic heterocycles. The van der Waals surface area contributed by atoms with Crippen LogP contribution in [0.3, 0.4) is 0 Å². The van der Waals surface area contributed by atoms with E-state index in [1.54, 1.807) is 24.3 Å². The molecule has 0 heterocycles. The molecule has 0 bridgehead atoms. The lowest BCUT2D eigenvalue weighted by molar-refractivity contribution is -0.157. The van der Waals surface area contributed by atoms with Crippen molar-refractivity contribution in [1.82, 2.24) is 0 Å². The Morgan fingerprint density at radius 3 is 2.52 bits per heavy atom. The molecule has 0 spiro atoms. The lowest BCUT2D eigenvalue weighted by Gasteiger charge is -2.37. The Kier molecular flexibility index (Phi) is 5.03. The topological polar surface area (TPSA) is 78.9 Å². The molecule has 1 aromatic carbocycles. The van der Waals surface area contributed by atoms with Crippen LogP contribution in [0, 0.1) is 5.92 Å². The number of hydrogen-bond acceptors (Lipinski definition) is 6. The average Bonchev–Trinajstić information content (AvgIpc) is 2.61. The second-order valence-corrected chi connectivity index (χ2v) is 5.55. The van der Waals surface area contributed by atoms with Gasteiger partial charge in [0.2, 0.25) is 0 Å². The molecule has 0 N–H and O–H groups in total. The van der Waals surface area contributed by atoms with Gasteiger partial charge in [-0.3, -0.25) is 14.4 Å². The monoisotopic (exact) mass is 320 g/mol. The van der Waals surface area contributed by atoms with Gasteiger partial charge < -0.3 is 14.2 Å². The van der Waals surface area contributed by atoms with Crippen LogP contribution in [0.2, 0.25) is 0 Å². The molecular formula is C17H20O6. The minimum atomic E-state index is -1.06. The van der Waals surface area contributed by atoms with E-state index in [-0.39, 0.29) is 18.6 Å². The molecule has 1 fully saturated rings. The molecule has 1 aliphatic rings. The summed E-state index contributed by atoms with van der Waals surface area (Å²) >= 11 is 0. The van der Waals surface area contributed by atoms with Crippen molar-refractivity contribution < 1.29 is 28.6 Å². The summed E-state index contributed by atoms with van der Waals surface area (Å²) in [5.74, 6) is -1.66. The van der Waals surface area contributed by atoms with Crippen LogP contribution < -0.4 is 4.74 Å². The van der Waals surface area contributed by atoms with Crippen LogP contribution in [0.25, 0.3) is 0 Å². The fourth-order valence-electron chi connectivity index (χ4n) is 3.11. The molecule has 6 heteroatoms. The zero-order chi connectivity index (χ0) is 17.0. The van der Waals surface area contributed by atoms with Gasteiger partial charge >= 0.3 is 11.9 Å². The first-order valence-electron chi connectivity index (χ1n) is 7.32. The molecule has 0 radical (unpaired) electrons. The van der Waals surface area contributed by atoms with Crippen LogP contribution >= 0.6 is 0 Å². The van der Waals surface area contributed by atoms with Gasteiger partial charge in [-0.15, -0.1) is 0 Å². The van der Waals surface area contributed by atoms with E-state index in [1.165, 1.54) is 21.3 Å². The van der Waals surface area contributed by atoms with Gasteiger partial charge in [0.25, 0.3) is 0 Å². The quantitative estimate of drug-likeness (QED) is 0.620. The molecule has 1 saturated carbocycles. The van der Waals surface area contributed by atoms with E-state index >= 15 is 0 Å². The summed E-state index contributed by atoms with van der Waals surface area (Å²) in [6, 6.07) is 7.05. The van der Waals surface area contributed by atoms with Gasteiger partial charge in [0, 0.05) is 6.42 Å². The number of esters is 2. The first-order chi connectivity index (χ1) is 11.0. The first kappa shape index (κ1) is 17.0. The molecule has 1 aromatic rings. The third-order valence-corrected chi connectivity index (χ3v) is 4.42. The molecule has 2 atom stereocenters. The number of carbonyl (C=O) groups is 3. The van der Waals surface area contributed by atoms with Crippen LogP contribution in [-0.4, -0.2) is 39.1 Å². The van der Waals surface area contributed by atoms with E-state index in [0.717, 1.165) is 0 Å². The highest BCUT2D eigenvalue weighted by molar-refractivity contribution is 6.01. The van der Waals surface area contributed by atoms with Crippen LogP contribution in [0.1, 0.15) is 24.8 Å². The summed E-state index contributed by atoms with van der Waals surface area (Å²) in [6.45, 7) is 0. The van der Waals surface area contributed by atoms with Crippen molar-refractivity contribution in [3.8, 4) is 5.75 Å². The maximum absolute atomic E-state index is 12.5. The summed E-state index contributed by atoms with van der Waals surface area (Å²) < 4.78 is 14.9. The van der Waals surface area contributed by atoms with Gasteiger partial charge in [-0.2, -0.15) is 0 Å². The molecule has 0 aliphatic heterocycles. The lowest BCUT2D eigenvalue weighted by Crippen LogP contribution is -2.46. The lowest BCUT2D eigenvalue weighted by atomic mass is 9.65. The summed E-state index contributed by atoms with van der Waals surface area (Å²) in [5, 5.41) is 0. The van der Waals surface area contributed by atoms with E-state index in [0.29, 0.717) is 17.7 Å². The SMILES string of the molecule is COC(=O)C1CC(C(=O)OC)(c2cccc(OC)c2)CCC1=O. The Bertz CT molecular complexity index is 615. The average molecular weight is 320 g/mol. The summed E-state index contributed by atoms with van der Waals surface area (Å²) in [7, 11) is 4.06. The molecule has 1 aliphatic carbocycles. The molecule has 0 amide bonds. The molecule has 2 rings (SSSR count). The standard InChI is InChI=1S/C17H20O6/c1-21-12-6-4-5-11(9-12)17(16(20)23-3)8-7-14(18)13(10-17)15(19)22-2/h4-6,9,13H,7-8,10H2,1-3H3.